The maximum atomic E-state index is 6.46. The van der Waals surface area contributed by atoms with Gasteiger partial charge in [0.25, 0.3) is 0 Å². The first-order chi connectivity index (χ1) is 3.66. The summed E-state index contributed by atoms with van der Waals surface area (Å²) in [6.07, 6.45) is 0. The second kappa shape index (κ2) is 3.18. The largest absolute Gasteiger partial charge is 0.367 e. The van der Waals surface area contributed by atoms with Crippen molar-refractivity contribution in [2.45, 2.75) is 19.9 Å². The molecule has 46 valence electrons. The molecule has 0 amide bonds. The molecule has 0 atom stereocenters. The van der Waals surface area contributed by atoms with Gasteiger partial charge in [0.15, 0.2) is 0 Å². The Balaban J connectivity index is 3.39. The Labute approximate surface area is 49.3 Å². The summed E-state index contributed by atoms with van der Waals surface area (Å²) in [5.41, 5.74) is 6.46. The van der Waals surface area contributed by atoms with E-state index >= 15 is 0 Å². The van der Waals surface area contributed by atoms with Gasteiger partial charge in [-0.1, -0.05) is 6.58 Å². The number of rotatable bonds is 3. The summed E-state index contributed by atoms with van der Waals surface area (Å²) in [5, 5.41) is 5.92. The van der Waals surface area contributed by atoms with Crippen LogP contribution in [0, 0.1) is 5.53 Å². The van der Waals surface area contributed by atoms with Crippen LogP contribution in [0.2, 0.25) is 0 Å². The molecule has 0 aromatic heterocycles. The zero-order chi connectivity index (χ0) is 6.57. The number of nitrogens with zero attached hydrogens (tertiary/aromatic N) is 1. The molecule has 0 radical (unpaired) electrons. The summed E-state index contributed by atoms with van der Waals surface area (Å²) in [6.45, 7) is 7.39. The van der Waals surface area contributed by atoms with Crippen LogP contribution < -0.4 is 5.32 Å². The van der Waals surface area contributed by atoms with Crippen LogP contribution in [0.15, 0.2) is 17.5 Å². The summed E-state index contributed by atoms with van der Waals surface area (Å²) >= 11 is 0. The van der Waals surface area contributed by atoms with Crippen molar-refractivity contribution in [1.29, 1.82) is 5.53 Å². The molecule has 2 N–H and O–H groups in total. The fourth-order valence-electron chi connectivity index (χ4n) is 0.365. The van der Waals surface area contributed by atoms with Crippen molar-refractivity contribution >= 4 is 0 Å². The predicted molar refractivity (Wildman–Crippen MR) is 32.6 cm³/mol. The fraction of sp³-hybridized carbons (Fsp3) is 0.600. The second-order valence-electron chi connectivity index (χ2n) is 1.86. The molecule has 0 spiro atoms. The summed E-state index contributed by atoms with van der Waals surface area (Å²) in [7, 11) is 0. The van der Waals surface area contributed by atoms with Gasteiger partial charge in [-0.05, 0) is 13.8 Å². The van der Waals surface area contributed by atoms with Crippen LogP contribution in [0.5, 0.6) is 0 Å². The molecule has 0 heterocycles. The van der Waals surface area contributed by atoms with E-state index in [2.05, 4.69) is 17.0 Å². The molecule has 0 fully saturated rings. The van der Waals surface area contributed by atoms with Crippen molar-refractivity contribution in [3.05, 3.63) is 12.4 Å². The normalized spacial score (nSPS) is 8.88. The molecule has 3 nitrogen and oxygen atoms in total. The smallest absolute Gasteiger partial charge is 0.140 e. The summed E-state index contributed by atoms with van der Waals surface area (Å²) in [5.74, 6) is 0.417. The summed E-state index contributed by atoms with van der Waals surface area (Å²) in [6, 6.07) is 0.316. The van der Waals surface area contributed by atoms with Crippen LogP contribution in [0.4, 0.5) is 0 Å². The number of hydrogen-bond acceptors (Lipinski definition) is 3. The summed E-state index contributed by atoms with van der Waals surface area (Å²) in [4.78, 5) is 0. The predicted octanol–water partition coefficient (Wildman–Crippen LogP) is 1.49. The van der Waals surface area contributed by atoms with E-state index in [9.17, 15) is 0 Å². The van der Waals surface area contributed by atoms with Gasteiger partial charge in [0.2, 0.25) is 0 Å². The first-order valence-electron chi connectivity index (χ1n) is 2.49. The van der Waals surface area contributed by atoms with Crippen LogP contribution in [0.3, 0.4) is 0 Å². The van der Waals surface area contributed by atoms with Crippen LogP contribution in [-0.4, -0.2) is 6.04 Å². The first-order valence-corrected chi connectivity index (χ1v) is 2.49. The molecule has 0 aromatic carbocycles. The lowest BCUT2D eigenvalue weighted by Gasteiger charge is -2.05. The van der Waals surface area contributed by atoms with Crippen molar-refractivity contribution in [1.82, 2.24) is 5.32 Å². The Kier molecular flexibility index (Phi) is 2.84. The van der Waals surface area contributed by atoms with E-state index < -0.39 is 0 Å². The molecule has 0 saturated heterocycles. The zero-order valence-corrected chi connectivity index (χ0v) is 5.23. The van der Waals surface area contributed by atoms with E-state index in [1.54, 1.807) is 0 Å². The molecule has 0 bridgehead atoms. The molecule has 0 aromatic rings. The van der Waals surface area contributed by atoms with Gasteiger partial charge in [-0.15, -0.1) is 5.11 Å². The van der Waals surface area contributed by atoms with E-state index in [-0.39, 0.29) is 0 Å². The standard InChI is InChI=1S/C5H11N3/c1-4(2)7-5(3)8-6/h4,6-7H,3H2,1-2H3. The Hall–Kier alpha value is -0.860. The minimum Gasteiger partial charge on any atom is -0.367 e. The number of hydrogen-bond donors (Lipinski definition) is 2. The summed E-state index contributed by atoms with van der Waals surface area (Å²) < 4.78 is 0. The van der Waals surface area contributed by atoms with Gasteiger partial charge in [0.05, 0.1) is 0 Å². The molecular formula is C5H11N3. The van der Waals surface area contributed by atoms with Gasteiger partial charge in [0.1, 0.15) is 5.82 Å². The van der Waals surface area contributed by atoms with Crippen LogP contribution in [0.1, 0.15) is 13.8 Å². The zero-order valence-electron chi connectivity index (χ0n) is 5.23. The Morgan fingerprint density at radius 2 is 2.25 bits per heavy atom. The van der Waals surface area contributed by atoms with Crippen molar-refractivity contribution < 1.29 is 0 Å². The fourth-order valence-corrected chi connectivity index (χ4v) is 0.365. The molecule has 0 aliphatic heterocycles. The highest BCUT2D eigenvalue weighted by Crippen LogP contribution is 1.86. The average Bonchev–Trinajstić information content (AvgIpc) is 1.65. The maximum Gasteiger partial charge on any atom is 0.140 e. The van der Waals surface area contributed by atoms with Crippen molar-refractivity contribution in [3.8, 4) is 0 Å². The molecule has 0 unspecified atom stereocenters. The van der Waals surface area contributed by atoms with Crippen LogP contribution in [0.25, 0.3) is 0 Å². The Bertz CT molecular complexity index is 95.8. The minimum absolute atomic E-state index is 0.316. The minimum atomic E-state index is 0.316. The average molecular weight is 113 g/mol. The van der Waals surface area contributed by atoms with Gasteiger partial charge >= 0.3 is 0 Å². The highest BCUT2D eigenvalue weighted by molar-refractivity contribution is 4.86. The highest BCUT2D eigenvalue weighted by Gasteiger charge is 1.90. The lowest BCUT2D eigenvalue weighted by molar-refractivity contribution is 0.654. The van der Waals surface area contributed by atoms with Gasteiger partial charge in [-0.2, -0.15) is 0 Å². The lowest BCUT2D eigenvalue weighted by atomic mass is 10.4. The molecule has 0 aliphatic rings. The second-order valence-corrected chi connectivity index (χ2v) is 1.86. The SMILES string of the molecule is C=C(N=N)NC(C)C. The monoisotopic (exact) mass is 113 g/mol. The molecule has 0 aliphatic carbocycles. The highest BCUT2D eigenvalue weighted by atomic mass is 15.1. The van der Waals surface area contributed by atoms with Gasteiger partial charge < -0.3 is 5.32 Å². The topological polar surface area (TPSA) is 48.2 Å². The third-order valence-corrected chi connectivity index (χ3v) is 0.590. The van der Waals surface area contributed by atoms with E-state index in [1.807, 2.05) is 13.8 Å². The first kappa shape index (κ1) is 7.14. The lowest BCUT2D eigenvalue weighted by Crippen LogP contribution is -2.19. The molecule has 0 saturated carbocycles. The van der Waals surface area contributed by atoms with E-state index in [0.29, 0.717) is 11.9 Å². The van der Waals surface area contributed by atoms with Crippen molar-refractivity contribution in [2.75, 3.05) is 0 Å². The van der Waals surface area contributed by atoms with Crippen molar-refractivity contribution in [2.24, 2.45) is 5.11 Å². The molecular weight excluding hydrogens is 102 g/mol. The van der Waals surface area contributed by atoms with E-state index in [0.717, 1.165) is 0 Å². The van der Waals surface area contributed by atoms with Crippen LogP contribution in [-0.2, 0) is 0 Å². The quantitative estimate of drug-likeness (QED) is 0.535. The molecule has 0 rings (SSSR count). The molecule has 3 heteroatoms. The third kappa shape index (κ3) is 3.33. The van der Waals surface area contributed by atoms with Gasteiger partial charge in [0, 0.05) is 6.04 Å². The van der Waals surface area contributed by atoms with E-state index in [4.69, 9.17) is 5.53 Å². The Morgan fingerprint density at radius 1 is 1.75 bits per heavy atom. The Morgan fingerprint density at radius 3 is 2.38 bits per heavy atom. The number of nitrogens with one attached hydrogen (secondary N) is 2. The van der Waals surface area contributed by atoms with Gasteiger partial charge in [-0.25, -0.2) is 5.53 Å². The van der Waals surface area contributed by atoms with Crippen LogP contribution >= 0.6 is 0 Å². The molecule has 8 heavy (non-hydrogen) atoms. The van der Waals surface area contributed by atoms with Gasteiger partial charge in [-0.3, -0.25) is 0 Å². The van der Waals surface area contributed by atoms with Crippen molar-refractivity contribution in [3.63, 3.8) is 0 Å². The maximum absolute atomic E-state index is 6.46. The van der Waals surface area contributed by atoms with E-state index in [1.165, 1.54) is 0 Å². The third-order valence-electron chi connectivity index (χ3n) is 0.590.